The van der Waals surface area contributed by atoms with Gasteiger partial charge in [-0.25, -0.2) is 9.97 Å². The molecule has 0 unspecified atom stereocenters. The van der Waals surface area contributed by atoms with Crippen LogP contribution >= 0.6 is 0 Å². The highest BCUT2D eigenvalue weighted by Crippen LogP contribution is 2.35. The highest BCUT2D eigenvalue weighted by molar-refractivity contribution is 5.97. The number of nitrogens with one attached hydrogen (secondary N) is 1. The third kappa shape index (κ3) is 4.10. The summed E-state index contributed by atoms with van der Waals surface area (Å²) in [5, 5.41) is 4.58. The van der Waals surface area contributed by atoms with E-state index in [0.29, 0.717) is 17.4 Å². The van der Waals surface area contributed by atoms with Crippen LogP contribution < -0.4 is 10.1 Å². The second-order valence-electron chi connectivity index (χ2n) is 8.06. The predicted molar refractivity (Wildman–Crippen MR) is 128 cm³/mol. The molecule has 32 heavy (non-hydrogen) atoms. The van der Waals surface area contributed by atoms with Gasteiger partial charge in [-0.3, -0.25) is 4.79 Å². The van der Waals surface area contributed by atoms with Gasteiger partial charge in [-0.05, 0) is 61.2 Å². The van der Waals surface area contributed by atoms with Crippen molar-refractivity contribution in [1.29, 1.82) is 0 Å². The average molecular weight is 422 g/mol. The molecule has 2 aromatic heterocycles. The molecule has 5 nitrogen and oxygen atoms in total. The lowest BCUT2D eigenvalue weighted by molar-refractivity contribution is -0.117. The Balaban J connectivity index is 1.63. The van der Waals surface area contributed by atoms with Gasteiger partial charge in [0, 0.05) is 28.5 Å². The van der Waals surface area contributed by atoms with Crippen molar-refractivity contribution < 1.29 is 9.53 Å². The van der Waals surface area contributed by atoms with E-state index >= 15 is 0 Å². The van der Waals surface area contributed by atoms with Gasteiger partial charge in [-0.15, -0.1) is 0 Å². The van der Waals surface area contributed by atoms with E-state index < -0.39 is 0 Å². The van der Waals surface area contributed by atoms with E-state index in [1.54, 1.807) is 6.20 Å². The Kier molecular flexibility index (Phi) is 5.15. The van der Waals surface area contributed by atoms with Crippen LogP contribution in [0, 0.1) is 12.8 Å². The molecule has 5 rings (SSSR count). The van der Waals surface area contributed by atoms with Crippen LogP contribution in [0.5, 0.6) is 11.6 Å². The highest BCUT2D eigenvalue weighted by atomic mass is 16.5. The summed E-state index contributed by atoms with van der Waals surface area (Å²) in [6.07, 6.45) is 5.46. The number of pyridine rings is 2. The molecule has 1 aliphatic rings. The number of para-hydroxylation sites is 1. The van der Waals surface area contributed by atoms with Crippen molar-refractivity contribution in [3.63, 3.8) is 0 Å². The molecule has 1 fully saturated rings. The summed E-state index contributed by atoms with van der Waals surface area (Å²) in [4.78, 5) is 21.6. The minimum atomic E-state index is 0.0174. The van der Waals surface area contributed by atoms with Gasteiger partial charge in [0.15, 0.2) is 0 Å². The number of carbonyl (C=O) groups is 1. The van der Waals surface area contributed by atoms with Gasteiger partial charge >= 0.3 is 0 Å². The smallest absolute Gasteiger partial charge is 0.228 e. The minimum absolute atomic E-state index is 0.0174. The molecule has 5 heteroatoms. The molecular weight excluding hydrogens is 398 g/mol. The lowest BCUT2D eigenvalue weighted by Gasteiger charge is -2.13. The molecule has 158 valence electrons. The summed E-state index contributed by atoms with van der Waals surface area (Å²) >= 11 is 0. The monoisotopic (exact) mass is 421 g/mol. The first-order valence-electron chi connectivity index (χ1n) is 10.7. The first-order valence-corrected chi connectivity index (χ1v) is 10.7. The second-order valence-corrected chi connectivity index (χ2v) is 8.06. The topological polar surface area (TPSA) is 64.1 Å². The summed E-state index contributed by atoms with van der Waals surface area (Å²) in [6, 6.07) is 19.6. The standard InChI is InChI=1S/C27H23N3O2/c1-3-18-10-9-17(2)22(13-18)24-14-20-16-28-25(30-26(31)19-11-12-19)15-23(20)27(29-24)32-21-7-5-4-6-8-21/h3-10,13-16,19H,1,11-12H2,2H3,(H,28,30,31). The van der Waals surface area contributed by atoms with Gasteiger partial charge in [-0.2, -0.15) is 0 Å². The van der Waals surface area contributed by atoms with Gasteiger partial charge in [0.25, 0.3) is 0 Å². The van der Waals surface area contributed by atoms with Gasteiger partial charge in [-0.1, -0.05) is 43.0 Å². The van der Waals surface area contributed by atoms with E-state index in [-0.39, 0.29) is 11.8 Å². The van der Waals surface area contributed by atoms with Crippen molar-refractivity contribution in [2.45, 2.75) is 19.8 Å². The molecule has 0 radical (unpaired) electrons. The number of anilines is 1. The number of nitrogens with zero attached hydrogens (tertiary/aromatic N) is 2. The van der Waals surface area contributed by atoms with E-state index in [2.05, 4.69) is 35.9 Å². The number of fused-ring (bicyclic) bond motifs is 1. The SMILES string of the molecule is C=Cc1ccc(C)c(-c2cc3cnc(NC(=O)C4CC4)cc3c(Oc3ccccc3)n2)c1. The summed E-state index contributed by atoms with van der Waals surface area (Å²) in [7, 11) is 0. The van der Waals surface area contributed by atoms with Gasteiger partial charge < -0.3 is 10.1 Å². The van der Waals surface area contributed by atoms with Crippen LogP contribution in [0.3, 0.4) is 0 Å². The van der Waals surface area contributed by atoms with Crippen LogP contribution in [0.15, 0.2) is 73.4 Å². The zero-order valence-corrected chi connectivity index (χ0v) is 17.8. The Labute approximate surface area is 186 Å². The van der Waals surface area contributed by atoms with E-state index in [1.165, 1.54) is 0 Å². The number of rotatable bonds is 6. The number of amides is 1. The Morgan fingerprint density at radius 3 is 2.69 bits per heavy atom. The highest BCUT2D eigenvalue weighted by Gasteiger charge is 2.29. The number of aryl methyl sites for hydroxylation is 1. The number of ether oxygens (including phenoxy) is 1. The van der Waals surface area contributed by atoms with Crippen molar-refractivity contribution in [1.82, 2.24) is 9.97 Å². The van der Waals surface area contributed by atoms with E-state index in [4.69, 9.17) is 9.72 Å². The molecule has 1 N–H and O–H groups in total. The lowest BCUT2D eigenvalue weighted by Crippen LogP contribution is -2.14. The van der Waals surface area contributed by atoms with Crippen molar-refractivity contribution in [2.24, 2.45) is 5.92 Å². The Morgan fingerprint density at radius 2 is 1.94 bits per heavy atom. The molecule has 4 aromatic rings. The zero-order chi connectivity index (χ0) is 22.1. The summed E-state index contributed by atoms with van der Waals surface area (Å²) < 4.78 is 6.20. The molecule has 1 amide bonds. The van der Waals surface area contributed by atoms with Crippen LogP contribution in [0.2, 0.25) is 0 Å². The first-order chi connectivity index (χ1) is 15.6. The predicted octanol–water partition coefficient (Wildman–Crippen LogP) is 6.39. The normalized spacial score (nSPS) is 13.0. The Hall–Kier alpha value is -3.99. The molecule has 1 saturated carbocycles. The molecule has 2 heterocycles. The summed E-state index contributed by atoms with van der Waals surface area (Å²) in [5.74, 6) is 1.79. The van der Waals surface area contributed by atoms with Gasteiger partial charge in [0.1, 0.15) is 11.6 Å². The fraction of sp³-hybridized carbons (Fsp3) is 0.148. The van der Waals surface area contributed by atoms with Crippen LogP contribution in [0.4, 0.5) is 5.82 Å². The van der Waals surface area contributed by atoms with E-state index in [0.717, 1.165) is 46.0 Å². The number of hydrogen-bond donors (Lipinski definition) is 1. The number of benzene rings is 2. The van der Waals surface area contributed by atoms with Crippen LogP contribution in [-0.4, -0.2) is 15.9 Å². The number of aromatic nitrogens is 2. The maximum absolute atomic E-state index is 12.2. The average Bonchev–Trinajstić information content (AvgIpc) is 3.66. The molecule has 0 atom stereocenters. The Morgan fingerprint density at radius 1 is 1.12 bits per heavy atom. The third-order valence-electron chi connectivity index (χ3n) is 5.61. The largest absolute Gasteiger partial charge is 0.438 e. The molecule has 0 bridgehead atoms. The maximum atomic E-state index is 12.2. The van der Waals surface area contributed by atoms with Crippen LogP contribution in [0.1, 0.15) is 24.0 Å². The first kappa shape index (κ1) is 19.9. The summed E-state index contributed by atoms with van der Waals surface area (Å²) in [5.41, 5.74) is 3.93. The van der Waals surface area contributed by atoms with Crippen molar-refractivity contribution in [3.8, 4) is 22.9 Å². The number of carbonyl (C=O) groups excluding carboxylic acids is 1. The van der Waals surface area contributed by atoms with E-state index in [9.17, 15) is 4.79 Å². The summed E-state index contributed by atoms with van der Waals surface area (Å²) in [6.45, 7) is 5.94. The second kappa shape index (κ2) is 8.27. The maximum Gasteiger partial charge on any atom is 0.228 e. The van der Waals surface area contributed by atoms with Crippen LogP contribution in [-0.2, 0) is 4.79 Å². The minimum Gasteiger partial charge on any atom is -0.438 e. The molecule has 1 aliphatic carbocycles. The molecule has 0 saturated heterocycles. The van der Waals surface area contributed by atoms with Gasteiger partial charge in [0.05, 0.1) is 5.69 Å². The van der Waals surface area contributed by atoms with Gasteiger partial charge in [0.2, 0.25) is 11.8 Å². The van der Waals surface area contributed by atoms with Crippen LogP contribution in [0.25, 0.3) is 28.1 Å². The van der Waals surface area contributed by atoms with Crippen molar-refractivity contribution >= 4 is 28.6 Å². The quantitative estimate of drug-likeness (QED) is 0.392. The fourth-order valence-corrected chi connectivity index (χ4v) is 3.62. The zero-order valence-electron chi connectivity index (χ0n) is 17.8. The van der Waals surface area contributed by atoms with Crippen molar-refractivity contribution in [2.75, 3.05) is 5.32 Å². The third-order valence-corrected chi connectivity index (χ3v) is 5.61. The number of hydrogen-bond acceptors (Lipinski definition) is 4. The molecular formula is C27H23N3O2. The molecule has 0 aliphatic heterocycles. The van der Waals surface area contributed by atoms with E-state index in [1.807, 2.05) is 54.6 Å². The fourth-order valence-electron chi connectivity index (χ4n) is 3.62. The van der Waals surface area contributed by atoms with Crippen molar-refractivity contribution in [3.05, 3.63) is 84.6 Å². The lowest BCUT2D eigenvalue weighted by atomic mass is 10.0. The molecule has 2 aromatic carbocycles. The molecule has 0 spiro atoms. The Bertz CT molecular complexity index is 1330.